The minimum atomic E-state index is 0. The molecule has 0 unspecified atom stereocenters. The van der Waals surface area contributed by atoms with Crippen molar-refractivity contribution in [3.63, 3.8) is 0 Å². The molecule has 0 aliphatic carbocycles. The van der Waals surface area contributed by atoms with Crippen LogP contribution in [0, 0.1) is 11.8 Å². The highest BCUT2D eigenvalue weighted by molar-refractivity contribution is 4.33. The molecule has 0 N–H and O–H groups in total. The van der Waals surface area contributed by atoms with E-state index < -0.39 is 0 Å². The first-order valence-corrected chi connectivity index (χ1v) is 8.37. The second-order valence-corrected chi connectivity index (χ2v) is 5.60. The molecule has 0 aromatic rings. The van der Waals surface area contributed by atoms with Gasteiger partial charge in [0.2, 0.25) is 0 Å². The molecule has 0 atom stereocenters. The summed E-state index contributed by atoms with van der Waals surface area (Å²) in [5.41, 5.74) is 0. The molecule has 0 radical (unpaired) electrons. The van der Waals surface area contributed by atoms with Gasteiger partial charge in [-0.15, -0.1) is 0 Å². The third kappa shape index (κ3) is 128. The van der Waals surface area contributed by atoms with Gasteiger partial charge in [-0.1, -0.05) is 115 Å². The van der Waals surface area contributed by atoms with Gasteiger partial charge in [-0.2, -0.15) is 0 Å². The summed E-state index contributed by atoms with van der Waals surface area (Å²) in [7, 11) is 0. The number of rotatable bonds is 4. The van der Waals surface area contributed by atoms with Crippen LogP contribution in [0.15, 0.2) is 0 Å². The smallest absolute Gasteiger partial charge is 0.0474 e. The predicted octanol–water partition coefficient (Wildman–Crippen LogP) is 8.35. The lowest BCUT2D eigenvalue weighted by molar-refractivity contribution is 0.626. The van der Waals surface area contributed by atoms with Gasteiger partial charge in [-0.3, -0.25) is 0 Å². The summed E-state index contributed by atoms with van der Waals surface area (Å²) in [6, 6.07) is 0. The second-order valence-electron chi connectivity index (χ2n) is 5.60. The van der Waals surface area contributed by atoms with E-state index in [1.54, 1.807) is 0 Å². The molecule has 0 fully saturated rings. The maximum absolute atomic E-state index is 2.22. The van der Waals surface area contributed by atoms with E-state index in [-0.39, 0.29) is 7.43 Å². The van der Waals surface area contributed by atoms with E-state index in [1.165, 1.54) is 38.5 Å². The van der Waals surface area contributed by atoms with Crippen LogP contribution >= 0.6 is 0 Å². The topological polar surface area (TPSA) is 0 Å². The van der Waals surface area contributed by atoms with Crippen molar-refractivity contribution in [1.29, 1.82) is 0 Å². The van der Waals surface area contributed by atoms with Gasteiger partial charge in [0.15, 0.2) is 0 Å². The molecule has 0 saturated carbocycles. The normalized spacial score (nSPS) is 8.21. The van der Waals surface area contributed by atoms with Gasteiger partial charge in [-0.25, -0.2) is 0 Å². The van der Waals surface area contributed by atoms with Crippen LogP contribution in [0.3, 0.4) is 0 Å². The van der Waals surface area contributed by atoms with Crippen molar-refractivity contribution in [2.75, 3.05) is 0 Å². The highest BCUT2D eigenvalue weighted by atomic mass is 13.9. The van der Waals surface area contributed by atoms with Gasteiger partial charge in [0, 0.05) is 0 Å². The molecule has 0 aromatic heterocycles. The van der Waals surface area contributed by atoms with Gasteiger partial charge in [0.1, 0.15) is 0 Å². The van der Waals surface area contributed by atoms with Crippen molar-refractivity contribution < 1.29 is 0 Å². The van der Waals surface area contributed by atoms with Crippen LogP contribution in [0.2, 0.25) is 0 Å². The molecule has 0 heteroatoms. The molecule has 0 spiro atoms. The summed E-state index contributed by atoms with van der Waals surface area (Å²) < 4.78 is 0. The van der Waals surface area contributed by atoms with E-state index in [2.05, 4.69) is 69.2 Å². The molecule has 0 saturated heterocycles. The highest BCUT2D eigenvalue weighted by Gasteiger charge is 1.80. The third-order valence-corrected chi connectivity index (χ3v) is 2.63. The molecule has 0 aromatic carbocycles. The minimum absolute atomic E-state index is 0. The second kappa shape index (κ2) is 36.1. The van der Waals surface area contributed by atoms with E-state index in [0.29, 0.717) is 0 Å². The summed E-state index contributed by atoms with van der Waals surface area (Å²) in [6.07, 6.45) is 7.89. The number of hydrogen-bond donors (Lipinski definition) is 0. The summed E-state index contributed by atoms with van der Waals surface area (Å²) in [5, 5.41) is 0. The van der Waals surface area contributed by atoms with E-state index >= 15 is 0 Å². The zero-order valence-corrected chi connectivity index (χ0v) is 15.4. The van der Waals surface area contributed by atoms with Gasteiger partial charge in [0.05, 0.1) is 0 Å². The zero-order chi connectivity index (χ0) is 15.4. The summed E-state index contributed by atoms with van der Waals surface area (Å²) in [4.78, 5) is 0. The maximum Gasteiger partial charge on any atom is -0.0474 e. The third-order valence-electron chi connectivity index (χ3n) is 2.63. The fourth-order valence-corrected chi connectivity index (χ4v) is 0. The van der Waals surface area contributed by atoms with Crippen molar-refractivity contribution in [2.24, 2.45) is 11.8 Å². The fraction of sp³-hybridized carbons (Fsp3) is 1.00. The molecule has 124 valence electrons. The average molecular weight is 277 g/mol. The lowest BCUT2D eigenvalue weighted by atomic mass is 10.2. The highest BCUT2D eigenvalue weighted by Crippen LogP contribution is 1.94. The molecule has 0 aliphatic heterocycles. The van der Waals surface area contributed by atoms with E-state index in [4.69, 9.17) is 0 Å². The summed E-state index contributed by atoms with van der Waals surface area (Å²) >= 11 is 0. The van der Waals surface area contributed by atoms with E-state index in [0.717, 1.165) is 11.8 Å². The van der Waals surface area contributed by atoms with Crippen molar-refractivity contribution >= 4 is 0 Å². The summed E-state index contributed by atoms with van der Waals surface area (Å²) in [5.74, 6) is 1.77. The predicted molar refractivity (Wildman–Crippen MR) is 98.2 cm³/mol. The Morgan fingerprint density at radius 3 is 0.579 bits per heavy atom. The van der Waals surface area contributed by atoms with E-state index in [9.17, 15) is 0 Å². The number of hydrogen-bond acceptors (Lipinski definition) is 0. The maximum atomic E-state index is 2.22. The SMILES string of the molecule is C.CCC(C)C.CCC(C)C.CCCC.CCCC. The molecule has 0 heterocycles. The fourth-order valence-electron chi connectivity index (χ4n) is 0. The van der Waals surface area contributed by atoms with Crippen LogP contribution in [-0.4, -0.2) is 0 Å². The number of unbranched alkanes of at least 4 members (excludes halogenated alkanes) is 2. The minimum Gasteiger partial charge on any atom is -0.0776 e. The Labute approximate surface area is 127 Å². The molecular formula is C19H48. The molecule has 0 bridgehead atoms. The van der Waals surface area contributed by atoms with Gasteiger partial charge in [-0.05, 0) is 11.8 Å². The van der Waals surface area contributed by atoms with Crippen LogP contribution < -0.4 is 0 Å². The van der Waals surface area contributed by atoms with Crippen LogP contribution in [0.4, 0.5) is 0 Å². The Bertz CT molecular complexity index is 66.0. The van der Waals surface area contributed by atoms with Gasteiger partial charge in [0.25, 0.3) is 0 Å². The molecule has 0 amide bonds. The van der Waals surface area contributed by atoms with Crippen LogP contribution in [0.5, 0.6) is 0 Å². The molecule has 0 rings (SSSR count). The van der Waals surface area contributed by atoms with Crippen molar-refractivity contribution in [3.05, 3.63) is 0 Å². The van der Waals surface area contributed by atoms with Crippen LogP contribution in [0.25, 0.3) is 0 Å². The zero-order valence-electron chi connectivity index (χ0n) is 15.4. The lowest BCUT2D eigenvalue weighted by Gasteiger charge is -1.90. The molecular weight excluding hydrogens is 228 g/mol. The first kappa shape index (κ1) is 31.4. The van der Waals surface area contributed by atoms with Gasteiger partial charge >= 0.3 is 0 Å². The molecule has 19 heavy (non-hydrogen) atoms. The standard InChI is InChI=1S/2C5H12.2C4H10.CH4/c2*1-4-5(2)3;2*1-3-4-2;/h2*5H,4H2,1-3H3;2*3-4H2,1-2H3;1H4. The largest absolute Gasteiger partial charge is 0.0776 e. The first-order valence-electron chi connectivity index (χ1n) is 8.37. The Hall–Kier alpha value is 0. The molecule has 0 nitrogen and oxygen atoms in total. The quantitative estimate of drug-likeness (QED) is 0.484. The van der Waals surface area contributed by atoms with E-state index in [1.807, 2.05) is 0 Å². The first-order chi connectivity index (χ1) is 8.37. The van der Waals surface area contributed by atoms with Crippen molar-refractivity contribution in [2.45, 2.75) is 115 Å². The Balaban J connectivity index is -0.0000000453. The monoisotopic (exact) mass is 276 g/mol. The van der Waals surface area contributed by atoms with Crippen molar-refractivity contribution in [3.8, 4) is 0 Å². The van der Waals surface area contributed by atoms with Crippen molar-refractivity contribution in [1.82, 2.24) is 0 Å². The Kier molecular flexibility index (Phi) is 59.7. The molecule has 0 aliphatic rings. The average Bonchev–Trinajstić information content (AvgIpc) is 2.39. The Morgan fingerprint density at radius 1 is 0.474 bits per heavy atom. The van der Waals surface area contributed by atoms with Gasteiger partial charge < -0.3 is 0 Å². The Morgan fingerprint density at radius 2 is 0.579 bits per heavy atom. The summed E-state index contributed by atoms with van der Waals surface area (Å²) in [6.45, 7) is 22.0. The lowest BCUT2D eigenvalue weighted by Crippen LogP contribution is -1.77. The van der Waals surface area contributed by atoms with Crippen LogP contribution in [0.1, 0.15) is 115 Å². The van der Waals surface area contributed by atoms with Crippen LogP contribution in [-0.2, 0) is 0 Å².